The summed E-state index contributed by atoms with van der Waals surface area (Å²) in [6, 6.07) is 8.61. The van der Waals surface area contributed by atoms with E-state index < -0.39 is 0 Å². The van der Waals surface area contributed by atoms with Crippen LogP contribution in [-0.4, -0.2) is 5.33 Å². The molecule has 1 heteroatoms. The molecule has 0 unspecified atom stereocenters. The van der Waals surface area contributed by atoms with Crippen molar-refractivity contribution in [3.8, 4) is 0 Å². The van der Waals surface area contributed by atoms with E-state index in [9.17, 15) is 0 Å². The predicted molar refractivity (Wildman–Crippen MR) is 63.2 cm³/mol. The Kier molecular flexibility index (Phi) is 4.23. The van der Waals surface area contributed by atoms with Gasteiger partial charge in [0.15, 0.2) is 0 Å². The molecule has 0 amide bonds. The van der Waals surface area contributed by atoms with Crippen LogP contribution in [0.2, 0.25) is 0 Å². The first-order chi connectivity index (χ1) is 6.26. The van der Waals surface area contributed by atoms with Gasteiger partial charge in [0, 0.05) is 5.33 Å². The van der Waals surface area contributed by atoms with E-state index in [2.05, 4.69) is 60.1 Å². The highest BCUT2D eigenvalue weighted by Gasteiger charge is 1.92. The summed E-state index contributed by atoms with van der Waals surface area (Å²) in [4.78, 5) is 0. The smallest absolute Gasteiger partial charge is 0.0245 e. The van der Waals surface area contributed by atoms with E-state index in [1.54, 1.807) is 0 Å². The number of halogens is 1. The molecule has 0 aliphatic rings. The second kappa shape index (κ2) is 5.23. The van der Waals surface area contributed by atoms with Gasteiger partial charge in [0.1, 0.15) is 0 Å². The Bertz CT molecular complexity index is 276. The third kappa shape index (κ3) is 3.35. The van der Waals surface area contributed by atoms with Gasteiger partial charge < -0.3 is 0 Å². The third-order valence-electron chi connectivity index (χ3n) is 2.07. The molecule has 0 aromatic heterocycles. The second-order valence-electron chi connectivity index (χ2n) is 3.20. The molecule has 0 bridgehead atoms. The molecule has 0 nitrogen and oxygen atoms in total. The molecule has 70 valence electrons. The summed E-state index contributed by atoms with van der Waals surface area (Å²) < 4.78 is 0. The van der Waals surface area contributed by atoms with Crippen molar-refractivity contribution < 1.29 is 0 Å². The van der Waals surface area contributed by atoms with E-state index in [-0.39, 0.29) is 0 Å². The first kappa shape index (κ1) is 10.5. The van der Waals surface area contributed by atoms with Crippen LogP contribution in [0.1, 0.15) is 24.5 Å². The summed E-state index contributed by atoms with van der Waals surface area (Å²) in [7, 11) is 0. The summed E-state index contributed by atoms with van der Waals surface area (Å²) in [6.07, 6.45) is 3.35. The van der Waals surface area contributed by atoms with Crippen molar-refractivity contribution in [3.63, 3.8) is 0 Å². The van der Waals surface area contributed by atoms with Crippen LogP contribution in [0.4, 0.5) is 0 Å². The highest BCUT2D eigenvalue weighted by molar-refractivity contribution is 9.09. The van der Waals surface area contributed by atoms with Crippen LogP contribution in [0.3, 0.4) is 0 Å². The molecule has 0 N–H and O–H groups in total. The van der Waals surface area contributed by atoms with E-state index in [1.165, 1.54) is 16.7 Å². The van der Waals surface area contributed by atoms with Crippen molar-refractivity contribution in [2.75, 3.05) is 5.33 Å². The topological polar surface area (TPSA) is 0 Å². The van der Waals surface area contributed by atoms with Crippen LogP contribution in [0.25, 0.3) is 6.08 Å². The van der Waals surface area contributed by atoms with Gasteiger partial charge in [-0.2, -0.15) is 0 Å². The molecule has 1 rings (SSSR count). The molecule has 1 aromatic carbocycles. The fourth-order valence-corrected chi connectivity index (χ4v) is 1.69. The van der Waals surface area contributed by atoms with Gasteiger partial charge in [-0.15, -0.1) is 0 Å². The maximum atomic E-state index is 3.48. The summed E-state index contributed by atoms with van der Waals surface area (Å²) in [6.45, 7) is 4.29. The number of rotatable bonds is 3. The SMILES string of the molecule is CCC(=Cc1ccc(C)cc1)CBr. The molecule has 0 aliphatic carbocycles. The molecule has 0 saturated heterocycles. The lowest BCUT2D eigenvalue weighted by atomic mass is 10.1. The van der Waals surface area contributed by atoms with Crippen molar-refractivity contribution in [2.45, 2.75) is 20.3 Å². The molecule has 0 atom stereocenters. The minimum atomic E-state index is 0.970. The van der Waals surface area contributed by atoms with Crippen molar-refractivity contribution in [1.82, 2.24) is 0 Å². The van der Waals surface area contributed by atoms with Gasteiger partial charge >= 0.3 is 0 Å². The summed E-state index contributed by atoms with van der Waals surface area (Å²) >= 11 is 3.48. The Hall–Kier alpha value is -0.560. The van der Waals surface area contributed by atoms with Gasteiger partial charge in [-0.1, -0.05) is 64.3 Å². The number of aryl methyl sites for hydroxylation is 1. The van der Waals surface area contributed by atoms with Gasteiger partial charge in [-0.05, 0) is 18.9 Å². The van der Waals surface area contributed by atoms with E-state index in [4.69, 9.17) is 0 Å². The standard InChI is InChI=1S/C12H15Br/c1-3-11(9-13)8-12-6-4-10(2)5-7-12/h4-8H,3,9H2,1-2H3. The number of benzene rings is 1. The normalized spacial score (nSPS) is 11.8. The van der Waals surface area contributed by atoms with Gasteiger partial charge in [0.05, 0.1) is 0 Å². The van der Waals surface area contributed by atoms with E-state index in [0.717, 1.165) is 11.8 Å². The average Bonchev–Trinajstić information content (AvgIpc) is 2.17. The molecule has 0 heterocycles. The number of alkyl halides is 1. The molecule has 0 radical (unpaired) electrons. The molecule has 0 fully saturated rings. The minimum absolute atomic E-state index is 0.970. The molecule has 0 aliphatic heterocycles. The van der Waals surface area contributed by atoms with Gasteiger partial charge in [0.2, 0.25) is 0 Å². The Morgan fingerprint density at radius 1 is 1.31 bits per heavy atom. The van der Waals surface area contributed by atoms with Crippen molar-refractivity contribution in [3.05, 3.63) is 41.0 Å². The van der Waals surface area contributed by atoms with E-state index in [1.807, 2.05) is 0 Å². The molecule has 0 spiro atoms. The Morgan fingerprint density at radius 2 is 1.92 bits per heavy atom. The highest BCUT2D eigenvalue weighted by Crippen LogP contribution is 2.12. The largest absolute Gasteiger partial charge is 0.0880 e. The summed E-state index contributed by atoms with van der Waals surface area (Å²) in [5.74, 6) is 0. The van der Waals surface area contributed by atoms with Crippen LogP contribution in [-0.2, 0) is 0 Å². The van der Waals surface area contributed by atoms with Crippen LogP contribution >= 0.6 is 15.9 Å². The lowest BCUT2D eigenvalue weighted by molar-refractivity contribution is 1.12. The van der Waals surface area contributed by atoms with E-state index >= 15 is 0 Å². The summed E-state index contributed by atoms with van der Waals surface area (Å²) in [5.41, 5.74) is 4.04. The maximum Gasteiger partial charge on any atom is 0.0245 e. The fraction of sp³-hybridized carbons (Fsp3) is 0.333. The zero-order chi connectivity index (χ0) is 9.68. The van der Waals surface area contributed by atoms with Gasteiger partial charge in [0.25, 0.3) is 0 Å². The highest BCUT2D eigenvalue weighted by atomic mass is 79.9. The molecular formula is C12H15Br. The van der Waals surface area contributed by atoms with Crippen molar-refractivity contribution >= 4 is 22.0 Å². The van der Waals surface area contributed by atoms with Crippen LogP contribution in [0.15, 0.2) is 29.8 Å². The number of allylic oxidation sites excluding steroid dienone is 1. The van der Waals surface area contributed by atoms with Crippen LogP contribution < -0.4 is 0 Å². The Labute approximate surface area is 88.8 Å². The van der Waals surface area contributed by atoms with Gasteiger partial charge in [-0.25, -0.2) is 0 Å². The average molecular weight is 239 g/mol. The Morgan fingerprint density at radius 3 is 2.38 bits per heavy atom. The van der Waals surface area contributed by atoms with E-state index in [0.29, 0.717) is 0 Å². The minimum Gasteiger partial charge on any atom is -0.0880 e. The van der Waals surface area contributed by atoms with Crippen molar-refractivity contribution in [2.24, 2.45) is 0 Å². The monoisotopic (exact) mass is 238 g/mol. The third-order valence-corrected chi connectivity index (χ3v) is 2.79. The zero-order valence-corrected chi connectivity index (χ0v) is 9.76. The van der Waals surface area contributed by atoms with Crippen molar-refractivity contribution in [1.29, 1.82) is 0 Å². The Balaban J connectivity index is 2.84. The predicted octanol–water partition coefficient (Wildman–Crippen LogP) is 4.18. The van der Waals surface area contributed by atoms with Crippen LogP contribution in [0, 0.1) is 6.92 Å². The quantitative estimate of drug-likeness (QED) is 0.694. The number of hydrogen-bond acceptors (Lipinski definition) is 0. The summed E-state index contributed by atoms with van der Waals surface area (Å²) in [5, 5.41) is 0.970. The maximum absolute atomic E-state index is 3.48. The second-order valence-corrected chi connectivity index (χ2v) is 3.76. The lowest BCUT2D eigenvalue weighted by Gasteiger charge is -2.00. The molecular weight excluding hydrogens is 224 g/mol. The lowest BCUT2D eigenvalue weighted by Crippen LogP contribution is -1.82. The number of hydrogen-bond donors (Lipinski definition) is 0. The molecule has 0 saturated carbocycles. The van der Waals surface area contributed by atoms with Gasteiger partial charge in [-0.3, -0.25) is 0 Å². The van der Waals surface area contributed by atoms with Crippen LogP contribution in [0.5, 0.6) is 0 Å². The first-order valence-electron chi connectivity index (χ1n) is 4.58. The zero-order valence-electron chi connectivity index (χ0n) is 8.18. The molecule has 1 aromatic rings. The first-order valence-corrected chi connectivity index (χ1v) is 5.70. The fourth-order valence-electron chi connectivity index (χ4n) is 1.13. The molecule has 13 heavy (non-hydrogen) atoms.